The van der Waals surface area contributed by atoms with Crippen molar-refractivity contribution < 1.29 is 9.90 Å². The first-order valence-electron chi connectivity index (χ1n) is 3.84. The summed E-state index contributed by atoms with van der Waals surface area (Å²) in [5.74, 6) is -1.09. The van der Waals surface area contributed by atoms with Gasteiger partial charge in [0, 0.05) is 6.20 Å². The van der Waals surface area contributed by atoms with Gasteiger partial charge in [-0.2, -0.15) is 0 Å². The Morgan fingerprint density at radius 3 is 2.93 bits per heavy atom. The van der Waals surface area contributed by atoms with E-state index >= 15 is 0 Å². The topological polar surface area (TPSA) is 80.9 Å². The van der Waals surface area contributed by atoms with Crippen LogP contribution in [0.3, 0.4) is 0 Å². The van der Waals surface area contributed by atoms with Crippen LogP contribution in [0.25, 0.3) is 5.69 Å². The van der Waals surface area contributed by atoms with Crippen LogP contribution in [0, 0.1) is 0 Å². The third-order valence-corrected chi connectivity index (χ3v) is 1.66. The van der Waals surface area contributed by atoms with Gasteiger partial charge in [-0.25, -0.2) is 14.5 Å². The molecule has 0 spiro atoms. The summed E-state index contributed by atoms with van der Waals surface area (Å²) in [6.45, 7) is 0. The Hall–Kier alpha value is -2.24. The Morgan fingerprint density at radius 2 is 2.29 bits per heavy atom. The average molecular weight is 190 g/mol. The van der Waals surface area contributed by atoms with Crippen molar-refractivity contribution in [3.05, 3.63) is 36.4 Å². The number of rotatable bonds is 2. The van der Waals surface area contributed by atoms with Crippen molar-refractivity contribution >= 4 is 5.97 Å². The van der Waals surface area contributed by atoms with Crippen LogP contribution in [0.15, 0.2) is 30.7 Å². The van der Waals surface area contributed by atoms with Crippen LogP contribution in [0.4, 0.5) is 0 Å². The number of carbonyl (C=O) groups is 1. The number of pyridine rings is 1. The molecule has 1 N–H and O–H groups in total. The zero-order chi connectivity index (χ0) is 9.97. The maximum atomic E-state index is 10.8. The Labute approximate surface area is 78.8 Å². The summed E-state index contributed by atoms with van der Waals surface area (Å²) in [6, 6.07) is 3.26. The predicted molar refractivity (Wildman–Crippen MR) is 46.1 cm³/mol. The lowest BCUT2D eigenvalue weighted by Crippen LogP contribution is -2.08. The molecule has 2 aromatic rings. The summed E-state index contributed by atoms with van der Waals surface area (Å²) in [4.78, 5) is 14.5. The molecule has 6 nitrogen and oxygen atoms in total. The molecule has 0 unspecified atom stereocenters. The summed E-state index contributed by atoms with van der Waals surface area (Å²) in [5.41, 5.74) is 0.357. The van der Waals surface area contributed by atoms with Crippen molar-refractivity contribution in [2.75, 3.05) is 0 Å². The minimum absolute atomic E-state index is 0.0435. The second-order valence-electron chi connectivity index (χ2n) is 2.52. The monoisotopic (exact) mass is 190 g/mol. The molecule has 2 rings (SSSR count). The molecular formula is C8H6N4O2. The van der Waals surface area contributed by atoms with Crippen LogP contribution < -0.4 is 0 Å². The van der Waals surface area contributed by atoms with Gasteiger partial charge in [0.05, 0.1) is 18.1 Å². The fourth-order valence-electron chi connectivity index (χ4n) is 1.08. The van der Waals surface area contributed by atoms with Crippen molar-refractivity contribution in [3.8, 4) is 5.69 Å². The second-order valence-corrected chi connectivity index (χ2v) is 2.52. The molecule has 14 heavy (non-hydrogen) atoms. The van der Waals surface area contributed by atoms with Gasteiger partial charge in [0.15, 0.2) is 5.69 Å². The van der Waals surface area contributed by atoms with E-state index in [0.29, 0.717) is 5.69 Å². The van der Waals surface area contributed by atoms with Crippen molar-refractivity contribution in [1.29, 1.82) is 0 Å². The molecule has 0 aromatic carbocycles. The van der Waals surface area contributed by atoms with Gasteiger partial charge in [-0.05, 0) is 12.1 Å². The highest BCUT2D eigenvalue weighted by molar-refractivity contribution is 5.89. The number of carboxylic acid groups (broad SMARTS) is 1. The number of aromatic carboxylic acids is 1. The van der Waals surface area contributed by atoms with Crippen LogP contribution in [0.1, 0.15) is 10.5 Å². The number of nitrogens with zero attached hydrogens (tertiary/aromatic N) is 4. The molecule has 0 aliphatic heterocycles. The van der Waals surface area contributed by atoms with E-state index in [9.17, 15) is 4.79 Å². The molecule has 6 heteroatoms. The summed E-state index contributed by atoms with van der Waals surface area (Å²) in [5, 5.41) is 16.1. The summed E-state index contributed by atoms with van der Waals surface area (Å²) >= 11 is 0. The van der Waals surface area contributed by atoms with Crippen molar-refractivity contribution in [1.82, 2.24) is 20.0 Å². The zero-order valence-corrected chi connectivity index (χ0v) is 7.03. The van der Waals surface area contributed by atoms with Gasteiger partial charge in [0.25, 0.3) is 0 Å². The first-order valence-corrected chi connectivity index (χ1v) is 3.84. The fraction of sp³-hybridized carbons (Fsp3) is 0. The Morgan fingerprint density at radius 1 is 1.43 bits per heavy atom. The van der Waals surface area contributed by atoms with Crippen molar-refractivity contribution in [2.24, 2.45) is 0 Å². The molecule has 0 radical (unpaired) electrons. The van der Waals surface area contributed by atoms with E-state index in [-0.39, 0.29) is 5.69 Å². The largest absolute Gasteiger partial charge is 0.476 e. The van der Waals surface area contributed by atoms with E-state index in [2.05, 4.69) is 15.3 Å². The quantitative estimate of drug-likeness (QED) is 0.739. The highest BCUT2D eigenvalue weighted by Gasteiger charge is 2.12. The molecule has 0 aliphatic rings. The normalized spacial score (nSPS) is 10.0. The first kappa shape index (κ1) is 8.36. The maximum Gasteiger partial charge on any atom is 0.356 e. The predicted octanol–water partition coefficient (Wildman–Crippen LogP) is 0.360. The van der Waals surface area contributed by atoms with Crippen molar-refractivity contribution in [3.63, 3.8) is 0 Å². The van der Waals surface area contributed by atoms with Gasteiger partial charge >= 0.3 is 5.97 Å². The number of hydrogen-bond donors (Lipinski definition) is 1. The Bertz CT molecular complexity index is 452. The van der Waals surface area contributed by atoms with Crippen LogP contribution in [0.2, 0.25) is 0 Å². The first-order chi connectivity index (χ1) is 6.79. The van der Waals surface area contributed by atoms with E-state index < -0.39 is 5.97 Å². The van der Waals surface area contributed by atoms with E-state index in [1.165, 1.54) is 17.1 Å². The highest BCUT2D eigenvalue weighted by Crippen LogP contribution is 2.09. The van der Waals surface area contributed by atoms with Gasteiger partial charge in [0.2, 0.25) is 0 Å². The van der Waals surface area contributed by atoms with Crippen LogP contribution in [0.5, 0.6) is 0 Å². The van der Waals surface area contributed by atoms with Gasteiger partial charge in [-0.3, -0.25) is 0 Å². The van der Waals surface area contributed by atoms with Crippen LogP contribution in [-0.4, -0.2) is 31.1 Å². The van der Waals surface area contributed by atoms with E-state index in [1.807, 2.05) is 0 Å². The van der Waals surface area contributed by atoms with E-state index in [4.69, 9.17) is 5.11 Å². The van der Waals surface area contributed by atoms with E-state index in [1.54, 1.807) is 18.3 Å². The molecule has 0 amide bonds. The smallest absolute Gasteiger partial charge is 0.356 e. The molecule has 2 aromatic heterocycles. The standard InChI is InChI=1S/C8H6N4O2/c13-8(14)7-6(2-1-3-9-7)12-5-4-10-11-12/h1-5H,(H,13,14). The maximum absolute atomic E-state index is 10.8. The zero-order valence-electron chi connectivity index (χ0n) is 7.03. The third kappa shape index (κ3) is 1.33. The van der Waals surface area contributed by atoms with Crippen LogP contribution >= 0.6 is 0 Å². The Balaban J connectivity index is 2.58. The highest BCUT2D eigenvalue weighted by atomic mass is 16.4. The Kier molecular flexibility index (Phi) is 1.94. The molecule has 70 valence electrons. The molecule has 0 saturated carbocycles. The lowest BCUT2D eigenvalue weighted by Gasteiger charge is -2.02. The molecule has 0 fully saturated rings. The number of carboxylic acids is 1. The molecule has 2 heterocycles. The average Bonchev–Trinajstić information content (AvgIpc) is 2.70. The molecule has 0 atom stereocenters. The minimum atomic E-state index is -1.09. The summed E-state index contributed by atoms with van der Waals surface area (Å²) in [6.07, 6.45) is 4.45. The van der Waals surface area contributed by atoms with Gasteiger partial charge in [-0.15, -0.1) is 5.10 Å². The summed E-state index contributed by atoms with van der Waals surface area (Å²) < 4.78 is 1.36. The van der Waals surface area contributed by atoms with E-state index in [0.717, 1.165) is 0 Å². The van der Waals surface area contributed by atoms with Crippen molar-refractivity contribution in [2.45, 2.75) is 0 Å². The SMILES string of the molecule is O=C(O)c1ncccc1-n1ccnn1. The molecule has 0 bridgehead atoms. The lowest BCUT2D eigenvalue weighted by molar-refractivity contribution is 0.0690. The number of hydrogen-bond acceptors (Lipinski definition) is 4. The second kappa shape index (κ2) is 3.25. The molecular weight excluding hydrogens is 184 g/mol. The number of aromatic nitrogens is 4. The van der Waals surface area contributed by atoms with Gasteiger partial charge < -0.3 is 5.11 Å². The molecule has 0 saturated heterocycles. The lowest BCUT2D eigenvalue weighted by atomic mass is 10.3. The van der Waals surface area contributed by atoms with Gasteiger partial charge in [-0.1, -0.05) is 5.21 Å². The molecule has 0 aliphatic carbocycles. The fourth-order valence-corrected chi connectivity index (χ4v) is 1.08. The van der Waals surface area contributed by atoms with Crippen LogP contribution in [-0.2, 0) is 0 Å². The minimum Gasteiger partial charge on any atom is -0.476 e. The summed E-state index contributed by atoms with van der Waals surface area (Å²) in [7, 11) is 0. The third-order valence-electron chi connectivity index (χ3n) is 1.66. The van der Waals surface area contributed by atoms with Gasteiger partial charge in [0.1, 0.15) is 0 Å².